The molecule has 0 saturated heterocycles. The smallest absolute Gasteiger partial charge is 0.303 e. The maximum Gasteiger partial charge on any atom is 0.303 e. The van der Waals surface area contributed by atoms with Crippen molar-refractivity contribution < 1.29 is 19.4 Å². The van der Waals surface area contributed by atoms with Crippen LogP contribution >= 0.6 is 0 Å². The first-order chi connectivity index (χ1) is 10.0. The molecular weight excluding hydrogens is 270 g/mol. The van der Waals surface area contributed by atoms with Crippen LogP contribution in [0, 0.1) is 5.92 Å². The molecule has 2 unspecified atom stereocenters. The highest BCUT2D eigenvalue weighted by atomic mass is 16.5. The molecule has 0 aliphatic heterocycles. The van der Waals surface area contributed by atoms with Crippen LogP contribution in [0.3, 0.4) is 0 Å². The minimum absolute atomic E-state index is 0.120. The minimum Gasteiger partial charge on any atom is -0.481 e. The summed E-state index contributed by atoms with van der Waals surface area (Å²) < 4.78 is 5.65. The third kappa shape index (κ3) is 6.79. The predicted molar refractivity (Wildman–Crippen MR) is 80.2 cm³/mol. The number of hydrogen-bond acceptors (Lipinski definition) is 3. The molecule has 0 spiro atoms. The van der Waals surface area contributed by atoms with Crippen molar-refractivity contribution in [1.82, 2.24) is 5.32 Å². The number of carbonyl (C=O) groups is 2. The van der Waals surface area contributed by atoms with Gasteiger partial charge < -0.3 is 15.2 Å². The molecule has 5 heteroatoms. The van der Waals surface area contributed by atoms with E-state index >= 15 is 0 Å². The summed E-state index contributed by atoms with van der Waals surface area (Å²) in [5.74, 6) is -0.187. The van der Waals surface area contributed by atoms with Crippen LogP contribution in [0.4, 0.5) is 0 Å². The van der Waals surface area contributed by atoms with Crippen molar-refractivity contribution in [2.75, 3.05) is 6.54 Å². The molecule has 5 nitrogen and oxygen atoms in total. The fourth-order valence-electron chi connectivity index (χ4n) is 1.85. The molecule has 2 N–H and O–H groups in total. The van der Waals surface area contributed by atoms with Crippen LogP contribution in [0.25, 0.3) is 0 Å². The standard InChI is InChI=1S/C16H23NO4/c1-3-14(21-13-7-5-4-6-8-13)16(20)17-11-12(2)9-10-15(18)19/h4-8,12,14H,3,9-11H2,1-2H3,(H,17,20)(H,18,19). The monoisotopic (exact) mass is 293 g/mol. The lowest BCUT2D eigenvalue weighted by Crippen LogP contribution is -2.40. The predicted octanol–water partition coefficient (Wildman–Crippen LogP) is 2.46. The van der Waals surface area contributed by atoms with Crippen LogP contribution < -0.4 is 10.1 Å². The molecule has 1 rings (SSSR count). The SMILES string of the molecule is CCC(Oc1ccccc1)C(=O)NCC(C)CCC(=O)O. The highest BCUT2D eigenvalue weighted by Gasteiger charge is 2.18. The summed E-state index contributed by atoms with van der Waals surface area (Å²) in [6.45, 7) is 4.27. The Hall–Kier alpha value is -2.04. The van der Waals surface area contributed by atoms with Gasteiger partial charge in [-0.25, -0.2) is 0 Å². The number of aliphatic carboxylic acids is 1. The molecule has 0 heterocycles. The third-order valence-electron chi connectivity index (χ3n) is 3.16. The second-order valence-corrected chi connectivity index (χ2v) is 5.11. The molecule has 0 fully saturated rings. The van der Waals surface area contributed by atoms with Crippen LogP contribution in [0.5, 0.6) is 5.75 Å². The van der Waals surface area contributed by atoms with E-state index in [1.165, 1.54) is 0 Å². The number of para-hydroxylation sites is 1. The molecule has 0 aromatic heterocycles. The number of nitrogens with one attached hydrogen (secondary N) is 1. The minimum atomic E-state index is -0.813. The van der Waals surface area contributed by atoms with Gasteiger partial charge in [-0.2, -0.15) is 0 Å². The Balaban J connectivity index is 2.39. The summed E-state index contributed by atoms with van der Waals surface area (Å²) in [5, 5.41) is 11.4. The average molecular weight is 293 g/mol. The van der Waals surface area contributed by atoms with Gasteiger partial charge in [0.25, 0.3) is 5.91 Å². The van der Waals surface area contributed by atoms with E-state index in [9.17, 15) is 9.59 Å². The highest BCUT2D eigenvalue weighted by Crippen LogP contribution is 2.13. The Morgan fingerprint density at radius 1 is 1.29 bits per heavy atom. The van der Waals surface area contributed by atoms with E-state index in [0.717, 1.165) is 0 Å². The van der Waals surface area contributed by atoms with Gasteiger partial charge in [0.1, 0.15) is 5.75 Å². The van der Waals surface area contributed by atoms with E-state index in [0.29, 0.717) is 25.1 Å². The zero-order valence-electron chi connectivity index (χ0n) is 12.5. The summed E-state index contributed by atoms with van der Waals surface area (Å²) in [7, 11) is 0. The number of carboxylic acids is 1. The first-order valence-corrected chi connectivity index (χ1v) is 7.24. The Kier molecular flexibility index (Phi) is 7.29. The van der Waals surface area contributed by atoms with Crippen molar-refractivity contribution in [2.24, 2.45) is 5.92 Å². The molecule has 0 saturated carbocycles. The van der Waals surface area contributed by atoms with Gasteiger partial charge in [0.2, 0.25) is 0 Å². The maximum atomic E-state index is 12.1. The molecule has 0 aliphatic rings. The summed E-state index contributed by atoms with van der Waals surface area (Å²) in [5.41, 5.74) is 0. The first kappa shape index (κ1) is 17.0. The van der Waals surface area contributed by atoms with Crippen LogP contribution in [0.1, 0.15) is 33.1 Å². The van der Waals surface area contributed by atoms with Gasteiger partial charge in [0.15, 0.2) is 6.10 Å². The van der Waals surface area contributed by atoms with Crippen LogP contribution in [0.2, 0.25) is 0 Å². The number of rotatable bonds is 9. The van der Waals surface area contributed by atoms with Gasteiger partial charge in [0.05, 0.1) is 0 Å². The Morgan fingerprint density at radius 3 is 2.52 bits per heavy atom. The lowest BCUT2D eigenvalue weighted by atomic mass is 10.1. The lowest BCUT2D eigenvalue weighted by molar-refractivity contribution is -0.137. The zero-order chi connectivity index (χ0) is 15.7. The van der Waals surface area contributed by atoms with E-state index < -0.39 is 12.1 Å². The number of benzene rings is 1. The lowest BCUT2D eigenvalue weighted by Gasteiger charge is -2.18. The summed E-state index contributed by atoms with van der Waals surface area (Å²) >= 11 is 0. The molecule has 116 valence electrons. The van der Waals surface area contributed by atoms with Gasteiger partial charge in [-0.15, -0.1) is 0 Å². The van der Waals surface area contributed by atoms with Gasteiger partial charge >= 0.3 is 5.97 Å². The van der Waals surface area contributed by atoms with E-state index in [2.05, 4.69) is 5.32 Å². The molecule has 1 amide bonds. The van der Waals surface area contributed by atoms with Gasteiger partial charge in [0, 0.05) is 13.0 Å². The molecular formula is C16H23NO4. The Bertz CT molecular complexity index is 447. The molecule has 1 aromatic carbocycles. The van der Waals surface area contributed by atoms with Crippen LogP contribution in [0.15, 0.2) is 30.3 Å². The summed E-state index contributed by atoms with van der Waals surface area (Å²) in [4.78, 5) is 22.6. The first-order valence-electron chi connectivity index (χ1n) is 7.24. The number of carboxylic acid groups (broad SMARTS) is 1. The quantitative estimate of drug-likeness (QED) is 0.733. The second-order valence-electron chi connectivity index (χ2n) is 5.11. The second kappa shape index (κ2) is 9.00. The molecule has 1 aromatic rings. The van der Waals surface area contributed by atoms with Gasteiger partial charge in [-0.1, -0.05) is 32.0 Å². The van der Waals surface area contributed by atoms with Gasteiger partial charge in [-0.05, 0) is 30.9 Å². The van der Waals surface area contributed by atoms with Crippen molar-refractivity contribution in [3.05, 3.63) is 30.3 Å². The maximum absolute atomic E-state index is 12.1. The number of ether oxygens (including phenoxy) is 1. The van der Waals surface area contributed by atoms with E-state index in [1.54, 1.807) is 0 Å². The molecule has 0 aliphatic carbocycles. The molecule has 0 radical (unpaired) electrons. The third-order valence-corrected chi connectivity index (χ3v) is 3.16. The fraction of sp³-hybridized carbons (Fsp3) is 0.500. The van der Waals surface area contributed by atoms with Crippen molar-refractivity contribution in [3.8, 4) is 5.75 Å². The number of amides is 1. The Labute approximate surface area is 125 Å². The zero-order valence-corrected chi connectivity index (χ0v) is 12.5. The average Bonchev–Trinajstić information content (AvgIpc) is 2.49. The van der Waals surface area contributed by atoms with Crippen molar-refractivity contribution in [2.45, 2.75) is 39.2 Å². The van der Waals surface area contributed by atoms with Crippen LogP contribution in [-0.2, 0) is 9.59 Å². The molecule has 2 atom stereocenters. The van der Waals surface area contributed by atoms with Gasteiger partial charge in [-0.3, -0.25) is 9.59 Å². The molecule has 21 heavy (non-hydrogen) atoms. The van der Waals surface area contributed by atoms with Crippen molar-refractivity contribution in [3.63, 3.8) is 0 Å². The summed E-state index contributed by atoms with van der Waals surface area (Å²) in [6, 6.07) is 9.22. The van der Waals surface area contributed by atoms with E-state index in [4.69, 9.17) is 9.84 Å². The number of hydrogen-bond donors (Lipinski definition) is 2. The van der Waals surface area contributed by atoms with Crippen LogP contribution in [-0.4, -0.2) is 29.6 Å². The number of carbonyl (C=O) groups excluding carboxylic acids is 1. The topological polar surface area (TPSA) is 75.6 Å². The largest absolute Gasteiger partial charge is 0.481 e. The Morgan fingerprint density at radius 2 is 1.95 bits per heavy atom. The van der Waals surface area contributed by atoms with E-state index in [1.807, 2.05) is 44.2 Å². The fourth-order valence-corrected chi connectivity index (χ4v) is 1.85. The summed E-state index contributed by atoms with van der Waals surface area (Å²) in [6.07, 6.45) is 0.712. The van der Waals surface area contributed by atoms with E-state index in [-0.39, 0.29) is 18.2 Å². The van der Waals surface area contributed by atoms with Crippen molar-refractivity contribution in [1.29, 1.82) is 0 Å². The normalized spacial score (nSPS) is 13.2. The highest BCUT2D eigenvalue weighted by molar-refractivity contribution is 5.81. The molecule has 0 bridgehead atoms. The van der Waals surface area contributed by atoms with Crippen molar-refractivity contribution >= 4 is 11.9 Å².